The molecule has 7 heteroatoms. The molecule has 0 saturated heterocycles. The van der Waals surface area contributed by atoms with Crippen molar-refractivity contribution in [3.05, 3.63) is 60.2 Å². The summed E-state index contributed by atoms with van der Waals surface area (Å²) in [5, 5.41) is 2.34. The van der Waals surface area contributed by atoms with Crippen LogP contribution in [0.25, 0.3) is 0 Å². The molecule has 2 aromatic rings. The molecule has 0 saturated carbocycles. The zero-order valence-electron chi connectivity index (χ0n) is 13.5. The molecule has 0 aliphatic rings. The second-order valence-electron chi connectivity index (χ2n) is 5.16. The SMILES string of the molecule is C[C@H](OC(=O)CCOc1ccccc1)C(=O)Nc1ccc(F)c(F)c1. The van der Waals surface area contributed by atoms with E-state index in [2.05, 4.69) is 5.32 Å². The van der Waals surface area contributed by atoms with Crippen LogP contribution in [0.4, 0.5) is 14.5 Å². The van der Waals surface area contributed by atoms with Crippen LogP contribution in [0.15, 0.2) is 48.5 Å². The molecule has 0 bridgehead atoms. The van der Waals surface area contributed by atoms with E-state index in [1.54, 1.807) is 24.3 Å². The lowest BCUT2D eigenvalue weighted by Crippen LogP contribution is -2.30. The van der Waals surface area contributed by atoms with Crippen molar-refractivity contribution in [2.24, 2.45) is 0 Å². The van der Waals surface area contributed by atoms with E-state index in [1.807, 2.05) is 6.07 Å². The number of ether oxygens (including phenoxy) is 2. The first-order valence-electron chi connectivity index (χ1n) is 7.59. The second-order valence-corrected chi connectivity index (χ2v) is 5.16. The minimum atomic E-state index is -1.09. The monoisotopic (exact) mass is 349 g/mol. The third kappa shape index (κ3) is 5.87. The van der Waals surface area contributed by atoms with Crippen LogP contribution in [0.5, 0.6) is 5.75 Å². The molecule has 0 spiro atoms. The van der Waals surface area contributed by atoms with E-state index in [4.69, 9.17) is 9.47 Å². The third-order valence-electron chi connectivity index (χ3n) is 3.18. The normalized spacial score (nSPS) is 11.5. The molecule has 1 N–H and O–H groups in total. The van der Waals surface area contributed by atoms with Crippen LogP contribution in [0.1, 0.15) is 13.3 Å². The van der Waals surface area contributed by atoms with E-state index >= 15 is 0 Å². The number of benzene rings is 2. The number of carbonyl (C=O) groups excluding carboxylic acids is 2. The van der Waals surface area contributed by atoms with E-state index in [0.717, 1.165) is 12.1 Å². The van der Waals surface area contributed by atoms with Gasteiger partial charge in [0.15, 0.2) is 17.7 Å². The summed E-state index contributed by atoms with van der Waals surface area (Å²) in [6.45, 7) is 1.49. The van der Waals surface area contributed by atoms with Crippen molar-refractivity contribution in [3.8, 4) is 5.75 Å². The maximum absolute atomic E-state index is 13.1. The number of halogens is 2. The fourth-order valence-corrected chi connectivity index (χ4v) is 1.90. The summed E-state index contributed by atoms with van der Waals surface area (Å²) >= 11 is 0. The van der Waals surface area contributed by atoms with Gasteiger partial charge in [-0.05, 0) is 31.2 Å². The first-order valence-corrected chi connectivity index (χ1v) is 7.59. The number of para-hydroxylation sites is 1. The molecule has 5 nitrogen and oxygen atoms in total. The van der Waals surface area contributed by atoms with Crippen molar-refractivity contribution in [2.75, 3.05) is 11.9 Å². The standard InChI is InChI=1S/C18H17F2NO4/c1-12(18(23)21-13-7-8-15(19)16(20)11-13)25-17(22)9-10-24-14-5-3-2-4-6-14/h2-8,11-12H,9-10H2,1H3,(H,21,23)/t12-/m0/s1. The minimum Gasteiger partial charge on any atom is -0.493 e. The van der Waals surface area contributed by atoms with E-state index < -0.39 is 29.6 Å². The Kier molecular flexibility index (Phi) is 6.45. The average molecular weight is 349 g/mol. The maximum atomic E-state index is 13.1. The first-order chi connectivity index (χ1) is 12.0. The van der Waals surface area contributed by atoms with Crippen molar-refractivity contribution in [1.82, 2.24) is 0 Å². The van der Waals surface area contributed by atoms with Crippen molar-refractivity contribution >= 4 is 17.6 Å². The number of nitrogens with one attached hydrogen (secondary N) is 1. The molecule has 2 rings (SSSR count). The molecule has 132 valence electrons. The summed E-state index contributed by atoms with van der Waals surface area (Å²) in [6, 6.07) is 11.9. The molecule has 0 aliphatic carbocycles. The van der Waals surface area contributed by atoms with E-state index in [1.165, 1.54) is 13.0 Å². The summed E-state index contributed by atoms with van der Waals surface area (Å²) in [5.41, 5.74) is 0.0687. The topological polar surface area (TPSA) is 64.6 Å². The number of hydrogen-bond donors (Lipinski definition) is 1. The van der Waals surface area contributed by atoms with E-state index in [9.17, 15) is 18.4 Å². The highest BCUT2D eigenvalue weighted by atomic mass is 19.2. The van der Waals surface area contributed by atoms with Gasteiger partial charge in [-0.3, -0.25) is 9.59 Å². The van der Waals surface area contributed by atoms with Gasteiger partial charge in [0.25, 0.3) is 5.91 Å². The van der Waals surface area contributed by atoms with Crippen LogP contribution in [-0.4, -0.2) is 24.6 Å². The molecule has 1 amide bonds. The third-order valence-corrected chi connectivity index (χ3v) is 3.18. The Morgan fingerprint density at radius 2 is 1.80 bits per heavy atom. The summed E-state index contributed by atoms with van der Waals surface area (Å²) in [7, 11) is 0. The van der Waals surface area contributed by atoms with Gasteiger partial charge < -0.3 is 14.8 Å². The zero-order chi connectivity index (χ0) is 18.2. The highest BCUT2D eigenvalue weighted by molar-refractivity contribution is 5.95. The number of amides is 1. The average Bonchev–Trinajstić information content (AvgIpc) is 2.59. The van der Waals surface area contributed by atoms with Crippen molar-refractivity contribution in [2.45, 2.75) is 19.4 Å². The molecule has 0 fully saturated rings. The van der Waals surface area contributed by atoms with Gasteiger partial charge in [0.1, 0.15) is 5.75 Å². The molecule has 0 heterocycles. The summed E-state index contributed by atoms with van der Waals surface area (Å²) in [5.74, 6) is -2.73. The Morgan fingerprint density at radius 1 is 1.08 bits per heavy atom. The van der Waals surface area contributed by atoms with Crippen LogP contribution in [0, 0.1) is 11.6 Å². The van der Waals surface area contributed by atoms with Gasteiger partial charge >= 0.3 is 5.97 Å². The van der Waals surface area contributed by atoms with E-state index in [-0.39, 0.29) is 18.7 Å². The molecular formula is C18H17F2NO4. The smallest absolute Gasteiger partial charge is 0.310 e. The maximum Gasteiger partial charge on any atom is 0.310 e. The highest BCUT2D eigenvalue weighted by Crippen LogP contribution is 2.14. The van der Waals surface area contributed by atoms with Gasteiger partial charge in [0.2, 0.25) is 0 Å². The highest BCUT2D eigenvalue weighted by Gasteiger charge is 2.18. The molecule has 0 aromatic heterocycles. The van der Waals surface area contributed by atoms with Gasteiger partial charge in [-0.25, -0.2) is 8.78 Å². The number of esters is 1. The second kappa shape index (κ2) is 8.77. The van der Waals surface area contributed by atoms with Crippen LogP contribution < -0.4 is 10.1 Å². The van der Waals surface area contributed by atoms with Crippen molar-refractivity contribution in [3.63, 3.8) is 0 Å². The molecule has 0 radical (unpaired) electrons. The van der Waals surface area contributed by atoms with Crippen molar-refractivity contribution in [1.29, 1.82) is 0 Å². The van der Waals surface area contributed by atoms with Gasteiger partial charge in [-0.2, -0.15) is 0 Å². The summed E-state index contributed by atoms with van der Waals surface area (Å²) in [6.07, 6.45) is -1.12. The molecule has 0 aliphatic heterocycles. The number of hydrogen-bond acceptors (Lipinski definition) is 4. The van der Waals surface area contributed by atoms with Crippen molar-refractivity contribution < 1.29 is 27.8 Å². The Labute approximate surface area is 143 Å². The Balaban J connectivity index is 1.75. The van der Waals surface area contributed by atoms with Crippen LogP contribution in [-0.2, 0) is 14.3 Å². The molecule has 0 unspecified atom stereocenters. The Hall–Kier alpha value is -2.96. The number of carbonyl (C=O) groups is 2. The van der Waals surface area contributed by atoms with Crippen LogP contribution in [0.2, 0.25) is 0 Å². The quantitative estimate of drug-likeness (QED) is 0.779. The van der Waals surface area contributed by atoms with Gasteiger partial charge in [0, 0.05) is 11.8 Å². The fourth-order valence-electron chi connectivity index (χ4n) is 1.90. The summed E-state index contributed by atoms with van der Waals surface area (Å²) < 4.78 is 36.3. The lowest BCUT2D eigenvalue weighted by molar-refractivity contribution is -0.153. The van der Waals surface area contributed by atoms with Crippen LogP contribution in [0.3, 0.4) is 0 Å². The molecular weight excluding hydrogens is 332 g/mol. The van der Waals surface area contributed by atoms with E-state index in [0.29, 0.717) is 5.75 Å². The van der Waals surface area contributed by atoms with Gasteiger partial charge in [-0.1, -0.05) is 18.2 Å². The lowest BCUT2D eigenvalue weighted by atomic mass is 10.2. The predicted molar refractivity (Wildman–Crippen MR) is 87.1 cm³/mol. The Morgan fingerprint density at radius 3 is 2.48 bits per heavy atom. The minimum absolute atomic E-state index is 0.0301. The largest absolute Gasteiger partial charge is 0.493 e. The van der Waals surface area contributed by atoms with Crippen LogP contribution >= 0.6 is 0 Å². The Bertz CT molecular complexity index is 737. The predicted octanol–water partition coefficient (Wildman–Crippen LogP) is 3.30. The molecule has 25 heavy (non-hydrogen) atoms. The first kappa shape index (κ1) is 18.4. The number of rotatable bonds is 7. The fraction of sp³-hybridized carbons (Fsp3) is 0.222. The lowest BCUT2D eigenvalue weighted by Gasteiger charge is -2.14. The molecule has 1 atom stereocenters. The summed E-state index contributed by atoms with van der Waals surface area (Å²) in [4.78, 5) is 23.6. The van der Waals surface area contributed by atoms with Gasteiger partial charge in [-0.15, -0.1) is 0 Å². The molecule has 2 aromatic carbocycles. The number of anilines is 1. The zero-order valence-corrected chi connectivity index (χ0v) is 13.5. The van der Waals surface area contributed by atoms with Gasteiger partial charge in [0.05, 0.1) is 13.0 Å².